The second-order valence-electron chi connectivity index (χ2n) is 3.08. The molecule has 4 N–H and O–H groups in total. The van der Waals surface area contributed by atoms with E-state index in [4.69, 9.17) is 10.8 Å². The van der Waals surface area contributed by atoms with Crippen molar-refractivity contribution in [3.8, 4) is 0 Å². The first-order valence-corrected chi connectivity index (χ1v) is 4.23. The van der Waals surface area contributed by atoms with Gasteiger partial charge in [0.2, 0.25) is 0 Å². The molecule has 0 amide bonds. The lowest BCUT2D eigenvalue weighted by atomic mass is 10.1. The first-order valence-electron chi connectivity index (χ1n) is 4.23. The molecule has 0 fully saturated rings. The number of nitrogen functional groups attached to an aromatic ring is 1. The monoisotopic (exact) mass is 234 g/mol. The van der Waals surface area contributed by atoms with Crippen LogP contribution >= 0.6 is 0 Å². The van der Waals surface area contributed by atoms with Crippen LogP contribution in [0.5, 0.6) is 0 Å². The summed E-state index contributed by atoms with van der Waals surface area (Å²) >= 11 is 0. The van der Waals surface area contributed by atoms with Crippen molar-refractivity contribution in [1.82, 2.24) is 0 Å². The van der Waals surface area contributed by atoms with Gasteiger partial charge in [-0.25, -0.2) is 4.79 Å². The maximum absolute atomic E-state index is 11.9. The van der Waals surface area contributed by atoms with Crippen molar-refractivity contribution in [1.29, 1.82) is 0 Å². The molecule has 0 spiro atoms. The molecule has 1 rings (SSSR count). The minimum atomic E-state index is -4.38. The van der Waals surface area contributed by atoms with Crippen molar-refractivity contribution in [3.63, 3.8) is 0 Å². The Morgan fingerprint density at radius 3 is 2.56 bits per heavy atom. The van der Waals surface area contributed by atoms with E-state index in [2.05, 4.69) is 0 Å². The van der Waals surface area contributed by atoms with Gasteiger partial charge >= 0.3 is 12.1 Å². The lowest BCUT2D eigenvalue weighted by Gasteiger charge is -2.12. The van der Waals surface area contributed by atoms with Crippen LogP contribution in [0.1, 0.15) is 10.4 Å². The van der Waals surface area contributed by atoms with Gasteiger partial charge < -0.3 is 16.2 Å². The third-order valence-electron chi connectivity index (χ3n) is 1.78. The fraction of sp³-hybridized carbons (Fsp3) is 0.222. The largest absolute Gasteiger partial charge is 0.478 e. The van der Waals surface area contributed by atoms with Gasteiger partial charge in [0.05, 0.1) is 16.9 Å². The van der Waals surface area contributed by atoms with Crippen LogP contribution in [0, 0.1) is 0 Å². The van der Waals surface area contributed by atoms with Gasteiger partial charge in [-0.05, 0) is 18.2 Å². The van der Waals surface area contributed by atoms with E-state index in [0.29, 0.717) is 0 Å². The molecule has 0 heterocycles. The molecule has 0 aliphatic heterocycles. The van der Waals surface area contributed by atoms with E-state index in [1.165, 1.54) is 12.1 Å². The SMILES string of the molecule is Nc1ccc(C(=O)O)cc1NCC(F)(F)F. The molecule has 0 radical (unpaired) electrons. The molecule has 0 unspecified atom stereocenters. The Hall–Kier alpha value is -1.92. The molecule has 0 atom stereocenters. The Kier molecular flexibility index (Phi) is 3.26. The molecule has 0 saturated heterocycles. The Bertz CT molecular complexity index is 404. The summed E-state index contributed by atoms with van der Waals surface area (Å²) in [7, 11) is 0. The van der Waals surface area contributed by atoms with E-state index >= 15 is 0 Å². The summed E-state index contributed by atoms with van der Waals surface area (Å²) in [6.07, 6.45) is -4.38. The van der Waals surface area contributed by atoms with Crippen molar-refractivity contribution in [2.75, 3.05) is 17.6 Å². The molecule has 0 aliphatic carbocycles. The number of nitrogens with two attached hydrogens (primary N) is 1. The Labute approximate surface area is 88.9 Å². The minimum absolute atomic E-state index is 0.0442. The van der Waals surface area contributed by atoms with Crippen LogP contribution < -0.4 is 11.1 Å². The van der Waals surface area contributed by atoms with Crippen LogP contribution in [-0.2, 0) is 0 Å². The van der Waals surface area contributed by atoms with Gasteiger partial charge in [0.15, 0.2) is 0 Å². The zero-order chi connectivity index (χ0) is 12.3. The van der Waals surface area contributed by atoms with E-state index in [1.807, 2.05) is 5.32 Å². The Balaban J connectivity index is 2.86. The fourth-order valence-corrected chi connectivity index (χ4v) is 1.04. The molecule has 0 aliphatic rings. The average Bonchev–Trinajstić information content (AvgIpc) is 2.14. The molecule has 4 nitrogen and oxygen atoms in total. The molecule has 88 valence electrons. The van der Waals surface area contributed by atoms with Crippen LogP contribution in [0.15, 0.2) is 18.2 Å². The van der Waals surface area contributed by atoms with Crippen LogP contribution in [0.25, 0.3) is 0 Å². The van der Waals surface area contributed by atoms with E-state index < -0.39 is 18.7 Å². The highest BCUT2D eigenvalue weighted by Crippen LogP contribution is 2.22. The molecule has 16 heavy (non-hydrogen) atoms. The number of hydrogen-bond donors (Lipinski definition) is 3. The van der Waals surface area contributed by atoms with Crippen molar-refractivity contribution < 1.29 is 23.1 Å². The van der Waals surface area contributed by atoms with Gasteiger partial charge in [-0.2, -0.15) is 13.2 Å². The molecule has 1 aromatic rings. The number of hydrogen-bond acceptors (Lipinski definition) is 3. The molecule has 0 saturated carbocycles. The standard InChI is InChI=1S/C9H9F3N2O2/c10-9(11,12)4-14-7-3-5(8(15)16)1-2-6(7)13/h1-3,14H,4,13H2,(H,15,16). The summed E-state index contributed by atoms with van der Waals surface area (Å²) in [5, 5.41) is 10.7. The van der Waals surface area contributed by atoms with Crippen LogP contribution in [0.2, 0.25) is 0 Å². The molecular formula is C9H9F3N2O2. The number of benzene rings is 1. The number of carbonyl (C=O) groups is 1. The topological polar surface area (TPSA) is 75.4 Å². The number of halogens is 3. The summed E-state index contributed by atoms with van der Waals surface area (Å²) in [6.45, 7) is -1.26. The van der Waals surface area contributed by atoms with Crippen molar-refractivity contribution >= 4 is 17.3 Å². The normalized spacial score (nSPS) is 11.2. The van der Waals surface area contributed by atoms with Gasteiger partial charge in [0.1, 0.15) is 6.54 Å². The van der Waals surface area contributed by atoms with Crippen molar-refractivity contribution in [2.45, 2.75) is 6.18 Å². The molecular weight excluding hydrogens is 225 g/mol. The number of aromatic carboxylic acids is 1. The van der Waals surface area contributed by atoms with E-state index in [-0.39, 0.29) is 16.9 Å². The van der Waals surface area contributed by atoms with Crippen molar-refractivity contribution in [2.24, 2.45) is 0 Å². The average molecular weight is 234 g/mol. The third kappa shape index (κ3) is 3.34. The fourth-order valence-electron chi connectivity index (χ4n) is 1.04. The van der Waals surface area contributed by atoms with Gasteiger partial charge in [0, 0.05) is 0 Å². The van der Waals surface area contributed by atoms with Crippen LogP contribution in [0.4, 0.5) is 24.5 Å². The summed E-state index contributed by atoms with van der Waals surface area (Å²) < 4.78 is 35.7. The first kappa shape index (κ1) is 12.2. The minimum Gasteiger partial charge on any atom is -0.478 e. The number of anilines is 2. The predicted octanol–water partition coefficient (Wildman–Crippen LogP) is 1.94. The zero-order valence-electron chi connectivity index (χ0n) is 8.01. The Morgan fingerprint density at radius 2 is 2.06 bits per heavy atom. The Morgan fingerprint density at radius 1 is 1.44 bits per heavy atom. The number of carboxylic acids is 1. The van der Waals surface area contributed by atoms with Gasteiger partial charge in [0.25, 0.3) is 0 Å². The second-order valence-corrected chi connectivity index (χ2v) is 3.08. The molecule has 7 heteroatoms. The summed E-state index contributed by atoms with van der Waals surface area (Å²) in [6, 6.07) is 3.52. The summed E-state index contributed by atoms with van der Waals surface area (Å²) in [5.41, 5.74) is 5.29. The quantitative estimate of drug-likeness (QED) is 0.698. The molecule has 1 aromatic carbocycles. The maximum Gasteiger partial charge on any atom is 0.405 e. The summed E-state index contributed by atoms with van der Waals surface area (Å²) in [5.74, 6) is -1.23. The first-order chi connectivity index (χ1) is 7.29. The van der Waals surface area contributed by atoms with Crippen LogP contribution in [0.3, 0.4) is 0 Å². The smallest absolute Gasteiger partial charge is 0.405 e. The lowest BCUT2D eigenvalue weighted by molar-refractivity contribution is -0.115. The number of nitrogens with one attached hydrogen (secondary N) is 1. The predicted molar refractivity (Wildman–Crippen MR) is 52.4 cm³/mol. The number of carboxylic acid groups (broad SMARTS) is 1. The zero-order valence-corrected chi connectivity index (χ0v) is 8.01. The van der Waals surface area contributed by atoms with Gasteiger partial charge in [-0.1, -0.05) is 0 Å². The number of alkyl halides is 3. The highest BCUT2D eigenvalue weighted by atomic mass is 19.4. The van der Waals surface area contributed by atoms with Gasteiger partial charge in [-0.3, -0.25) is 0 Å². The second kappa shape index (κ2) is 4.30. The lowest BCUT2D eigenvalue weighted by Crippen LogP contribution is -2.22. The third-order valence-corrected chi connectivity index (χ3v) is 1.78. The highest BCUT2D eigenvalue weighted by molar-refractivity contribution is 5.90. The molecule has 0 aromatic heterocycles. The van der Waals surface area contributed by atoms with Crippen molar-refractivity contribution in [3.05, 3.63) is 23.8 Å². The maximum atomic E-state index is 11.9. The van der Waals surface area contributed by atoms with E-state index in [9.17, 15) is 18.0 Å². The van der Waals surface area contributed by atoms with E-state index in [0.717, 1.165) is 6.07 Å². The van der Waals surface area contributed by atoms with Crippen LogP contribution in [-0.4, -0.2) is 23.8 Å². The van der Waals surface area contributed by atoms with Gasteiger partial charge in [-0.15, -0.1) is 0 Å². The van der Waals surface area contributed by atoms with E-state index in [1.54, 1.807) is 0 Å². The highest BCUT2D eigenvalue weighted by Gasteiger charge is 2.26. The number of rotatable bonds is 3. The molecule has 0 bridgehead atoms. The summed E-state index contributed by atoms with van der Waals surface area (Å²) in [4.78, 5) is 10.6.